The van der Waals surface area contributed by atoms with Crippen molar-refractivity contribution in [2.75, 3.05) is 0 Å². The zero-order valence-corrected chi connectivity index (χ0v) is 13.0. The van der Waals surface area contributed by atoms with Gasteiger partial charge in [0.15, 0.2) is 0 Å². The Labute approximate surface area is 124 Å². The zero-order chi connectivity index (χ0) is 15.4. The lowest BCUT2D eigenvalue weighted by Gasteiger charge is -2.32. The molecule has 4 nitrogen and oxygen atoms in total. The van der Waals surface area contributed by atoms with Gasteiger partial charge in [-0.1, -0.05) is 12.1 Å². The van der Waals surface area contributed by atoms with E-state index in [4.69, 9.17) is 13.7 Å². The molecule has 0 aliphatic carbocycles. The molecular weight excluding hydrogens is 267 g/mol. The van der Waals surface area contributed by atoms with Crippen LogP contribution in [0.1, 0.15) is 33.3 Å². The zero-order valence-electron chi connectivity index (χ0n) is 13.0. The van der Waals surface area contributed by atoms with Crippen molar-refractivity contribution in [3.63, 3.8) is 0 Å². The van der Waals surface area contributed by atoms with Crippen molar-refractivity contribution >= 4 is 23.6 Å². The molecule has 21 heavy (non-hydrogen) atoms. The predicted molar refractivity (Wildman–Crippen MR) is 82.9 cm³/mol. The molecule has 1 fully saturated rings. The van der Waals surface area contributed by atoms with E-state index >= 15 is 0 Å². The highest BCUT2D eigenvalue weighted by Gasteiger charge is 2.51. The summed E-state index contributed by atoms with van der Waals surface area (Å²) in [7, 11) is -0.454. The molecule has 1 aromatic carbocycles. The van der Waals surface area contributed by atoms with E-state index in [-0.39, 0.29) is 16.8 Å². The van der Waals surface area contributed by atoms with Gasteiger partial charge in [0.1, 0.15) is 5.58 Å². The van der Waals surface area contributed by atoms with Gasteiger partial charge in [0.2, 0.25) is 0 Å². The molecule has 1 saturated heterocycles. The summed E-state index contributed by atoms with van der Waals surface area (Å²) in [6.45, 7) is 9.95. The molecule has 0 saturated carbocycles. The summed E-state index contributed by atoms with van der Waals surface area (Å²) in [6.07, 6.45) is 0. The van der Waals surface area contributed by atoms with Gasteiger partial charge in [-0.15, -0.1) is 0 Å². The van der Waals surface area contributed by atoms with Gasteiger partial charge < -0.3 is 13.7 Å². The molecule has 1 aliphatic heterocycles. The smallest absolute Gasteiger partial charge is 0.423 e. The van der Waals surface area contributed by atoms with Crippen molar-refractivity contribution in [1.29, 1.82) is 0 Å². The summed E-state index contributed by atoms with van der Waals surface area (Å²) in [5.74, 6) is 0. The summed E-state index contributed by atoms with van der Waals surface area (Å²) in [5, 5.41) is 0.926. The molecule has 0 atom stereocenters. The van der Waals surface area contributed by atoms with Crippen LogP contribution in [0, 0.1) is 6.92 Å². The molecule has 0 radical (unpaired) electrons. The second-order valence-corrected chi connectivity index (χ2v) is 6.59. The lowest BCUT2D eigenvalue weighted by atomic mass is 9.78. The van der Waals surface area contributed by atoms with Gasteiger partial charge in [0.25, 0.3) is 0 Å². The first-order valence-corrected chi connectivity index (χ1v) is 7.10. The predicted octanol–water partition coefficient (Wildman–Crippen LogP) is 2.40. The molecule has 1 aliphatic rings. The first-order valence-electron chi connectivity index (χ1n) is 7.10. The molecule has 0 amide bonds. The molecule has 1 aromatic heterocycles. The second-order valence-electron chi connectivity index (χ2n) is 6.59. The third-order valence-electron chi connectivity index (χ3n) is 4.50. The van der Waals surface area contributed by atoms with Crippen molar-refractivity contribution in [1.82, 2.24) is 0 Å². The quantitative estimate of drug-likeness (QED) is 0.596. The summed E-state index contributed by atoms with van der Waals surface area (Å²) >= 11 is 0. The van der Waals surface area contributed by atoms with Crippen LogP contribution in [0.25, 0.3) is 11.0 Å². The summed E-state index contributed by atoms with van der Waals surface area (Å²) < 4.78 is 17.3. The number of benzene rings is 1. The maximum Gasteiger partial charge on any atom is 0.494 e. The van der Waals surface area contributed by atoms with Crippen LogP contribution in [0.3, 0.4) is 0 Å². The largest absolute Gasteiger partial charge is 0.494 e. The van der Waals surface area contributed by atoms with E-state index in [9.17, 15) is 4.79 Å². The minimum absolute atomic E-state index is 0.342. The maximum absolute atomic E-state index is 11.5. The number of aryl methyl sites for hydroxylation is 1. The average Bonchev–Trinajstić information content (AvgIpc) is 2.57. The molecule has 5 heteroatoms. The Morgan fingerprint density at radius 1 is 1.00 bits per heavy atom. The fourth-order valence-electron chi connectivity index (χ4n) is 2.47. The summed E-state index contributed by atoms with van der Waals surface area (Å²) in [6, 6.07) is 7.22. The van der Waals surface area contributed by atoms with Gasteiger partial charge in [-0.05, 0) is 51.7 Å². The highest BCUT2D eigenvalue weighted by Crippen LogP contribution is 2.36. The van der Waals surface area contributed by atoms with E-state index in [2.05, 4.69) is 0 Å². The van der Waals surface area contributed by atoms with Crippen LogP contribution in [0.2, 0.25) is 0 Å². The molecule has 0 N–H and O–H groups in total. The topological polar surface area (TPSA) is 48.7 Å². The van der Waals surface area contributed by atoms with Crippen molar-refractivity contribution in [2.45, 2.75) is 45.8 Å². The van der Waals surface area contributed by atoms with Gasteiger partial charge in [-0.3, -0.25) is 0 Å². The Morgan fingerprint density at radius 3 is 2.24 bits per heavy atom. The molecule has 0 spiro atoms. The Bertz CT molecular complexity index is 744. The molecule has 2 aromatic rings. The first-order chi connectivity index (χ1) is 9.69. The maximum atomic E-state index is 11.5. The number of fused-ring (bicyclic) bond motifs is 1. The average molecular weight is 286 g/mol. The first kappa shape index (κ1) is 14.4. The summed E-state index contributed by atoms with van der Waals surface area (Å²) in [5.41, 5.74) is 1.20. The molecule has 110 valence electrons. The van der Waals surface area contributed by atoms with E-state index in [1.165, 1.54) is 6.07 Å². The molecule has 3 rings (SSSR count). The Morgan fingerprint density at radius 2 is 1.62 bits per heavy atom. The molecule has 0 unspecified atom stereocenters. The Balaban J connectivity index is 2.05. The van der Waals surface area contributed by atoms with Crippen molar-refractivity contribution in [2.24, 2.45) is 0 Å². The van der Waals surface area contributed by atoms with E-state index in [1.807, 2.05) is 52.8 Å². The number of rotatable bonds is 1. The highest BCUT2D eigenvalue weighted by molar-refractivity contribution is 6.62. The standard InChI is InChI=1S/C16H19BO4/c1-10-8-14(18)19-13-9-11(6-7-12(10)13)17-20-15(2,3)16(4,5)21-17/h6-9H,1-5H3. The molecular formula is C16H19BO4. The Hall–Kier alpha value is -1.59. The van der Waals surface area contributed by atoms with Gasteiger partial charge in [-0.25, -0.2) is 4.79 Å². The van der Waals surface area contributed by atoms with Gasteiger partial charge in [-0.2, -0.15) is 0 Å². The van der Waals surface area contributed by atoms with Crippen molar-refractivity contribution in [3.05, 3.63) is 40.2 Å². The molecule has 2 heterocycles. The lowest BCUT2D eigenvalue weighted by molar-refractivity contribution is 0.00578. The second kappa shape index (κ2) is 4.45. The van der Waals surface area contributed by atoms with E-state index in [0.29, 0.717) is 5.58 Å². The minimum Gasteiger partial charge on any atom is -0.423 e. The summed E-state index contributed by atoms with van der Waals surface area (Å²) in [4.78, 5) is 11.5. The lowest BCUT2D eigenvalue weighted by Crippen LogP contribution is -2.41. The van der Waals surface area contributed by atoms with Crippen LogP contribution < -0.4 is 11.1 Å². The minimum atomic E-state index is -0.454. The van der Waals surface area contributed by atoms with Crippen LogP contribution in [-0.4, -0.2) is 18.3 Å². The van der Waals surface area contributed by atoms with E-state index in [1.54, 1.807) is 0 Å². The highest BCUT2D eigenvalue weighted by atomic mass is 16.7. The number of hydrogen-bond donors (Lipinski definition) is 0. The van der Waals surface area contributed by atoms with Crippen LogP contribution >= 0.6 is 0 Å². The van der Waals surface area contributed by atoms with Gasteiger partial charge >= 0.3 is 12.7 Å². The molecule has 0 bridgehead atoms. The normalized spacial score (nSPS) is 20.1. The van der Waals surface area contributed by atoms with Crippen molar-refractivity contribution < 1.29 is 13.7 Å². The van der Waals surface area contributed by atoms with Crippen LogP contribution in [0.4, 0.5) is 0 Å². The van der Waals surface area contributed by atoms with Crippen LogP contribution in [0.15, 0.2) is 33.5 Å². The van der Waals surface area contributed by atoms with Crippen LogP contribution in [0.5, 0.6) is 0 Å². The van der Waals surface area contributed by atoms with Gasteiger partial charge in [0, 0.05) is 11.5 Å². The van der Waals surface area contributed by atoms with E-state index < -0.39 is 7.12 Å². The van der Waals surface area contributed by atoms with Crippen LogP contribution in [-0.2, 0) is 9.31 Å². The third kappa shape index (κ3) is 2.30. The van der Waals surface area contributed by atoms with E-state index in [0.717, 1.165) is 16.4 Å². The third-order valence-corrected chi connectivity index (χ3v) is 4.50. The van der Waals surface area contributed by atoms with Gasteiger partial charge in [0.05, 0.1) is 11.2 Å². The fourth-order valence-corrected chi connectivity index (χ4v) is 2.47. The van der Waals surface area contributed by atoms with Crippen molar-refractivity contribution in [3.8, 4) is 0 Å². The SMILES string of the molecule is Cc1cc(=O)oc2cc(B3OC(C)(C)C(C)(C)O3)ccc12. The number of hydrogen-bond acceptors (Lipinski definition) is 4. The Kier molecular flexibility index (Phi) is 3.04. The fraction of sp³-hybridized carbons (Fsp3) is 0.438. The monoisotopic (exact) mass is 286 g/mol.